The number of H-pyrrole nitrogens is 1. The summed E-state index contributed by atoms with van der Waals surface area (Å²) in [5.74, 6) is 0. The summed E-state index contributed by atoms with van der Waals surface area (Å²) in [6.45, 7) is 1.91. The van der Waals surface area contributed by atoms with Crippen LogP contribution >= 0.6 is 11.6 Å². The third kappa shape index (κ3) is 2.58. The van der Waals surface area contributed by atoms with E-state index in [2.05, 4.69) is 10.1 Å². The van der Waals surface area contributed by atoms with E-state index in [0.29, 0.717) is 21.8 Å². The summed E-state index contributed by atoms with van der Waals surface area (Å²) in [4.78, 5) is 17.2. The molecule has 4 rings (SSSR count). The lowest BCUT2D eigenvalue weighted by molar-refractivity contribution is 0.864. The van der Waals surface area contributed by atoms with Crippen molar-refractivity contribution in [1.82, 2.24) is 14.8 Å². The molecule has 0 saturated heterocycles. The summed E-state index contributed by atoms with van der Waals surface area (Å²) in [5.41, 5.74) is 10.5. The van der Waals surface area contributed by atoms with E-state index in [1.165, 1.54) is 4.68 Å². The fourth-order valence-corrected chi connectivity index (χ4v) is 3.11. The number of nitrogens with two attached hydrogens (primary N) is 1. The van der Waals surface area contributed by atoms with Crippen LogP contribution < -0.4 is 11.3 Å². The summed E-state index contributed by atoms with van der Waals surface area (Å²) in [6.07, 6.45) is 1.60. The Balaban J connectivity index is 2.02. The van der Waals surface area contributed by atoms with Gasteiger partial charge in [0.2, 0.25) is 0 Å². The zero-order valence-electron chi connectivity index (χ0n) is 13.5. The largest absolute Gasteiger partial charge is 0.399 e. The molecule has 0 aliphatic rings. The van der Waals surface area contributed by atoms with Gasteiger partial charge in [-0.3, -0.25) is 14.9 Å². The number of rotatable bonds is 2. The summed E-state index contributed by atoms with van der Waals surface area (Å²) < 4.78 is 1.50. The number of hydrogen-bond acceptors (Lipinski definition) is 3. The maximum atomic E-state index is 12.8. The summed E-state index contributed by atoms with van der Waals surface area (Å²) >= 11 is 5.94. The zero-order chi connectivity index (χ0) is 17.6. The van der Waals surface area contributed by atoms with E-state index in [9.17, 15) is 4.79 Å². The Bertz CT molecular complexity index is 1140. The van der Waals surface area contributed by atoms with Crippen LogP contribution in [0.4, 0.5) is 5.69 Å². The first-order chi connectivity index (χ1) is 12.0. The molecule has 6 heteroatoms. The highest BCUT2D eigenvalue weighted by atomic mass is 35.5. The van der Waals surface area contributed by atoms with E-state index < -0.39 is 0 Å². The molecule has 0 fully saturated rings. The van der Waals surface area contributed by atoms with Crippen molar-refractivity contribution in [1.29, 1.82) is 0 Å². The van der Waals surface area contributed by atoms with Crippen LogP contribution in [-0.2, 0) is 0 Å². The van der Waals surface area contributed by atoms with Gasteiger partial charge in [0.05, 0.1) is 16.6 Å². The monoisotopic (exact) mass is 350 g/mol. The minimum Gasteiger partial charge on any atom is -0.399 e. The Morgan fingerprint density at radius 1 is 1.16 bits per heavy atom. The van der Waals surface area contributed by atoms with Gasteiger partial charge >= 0.3 is 0 Å². The van der Waals surface area contributed by atoms with Gasteiger partial charge < -0.3 is 5.73 Å². The smallest absolute Gasteiger partial charge is 0.280 e. The molecule has 0 radical (unpaired) electrons. The number of hydrogen-bond donors (Lipinski definition) is 2. The van der Waals surface area contributed by atoms with E-state index >= 15 is 0 Å². The molecule has 0 atom stereocenters. The van der Waals surface area contributed by atoms with Crippen LogP contribution in [0, 0.1) is 6.92 Å². The van der Waals surface area contributed by atoms with Crippen LogP contribution in [0.3, 0.4) is 0 Å². The van der Waals surface area contributed by atoms with Crippen LogP contribution in [0.1, 0.15) is 5.69 Å². The number of nitrogen functional groups attached to an aromatic ring is 1. The van der Waals surface area contributed by atoms with Crippen LogP contribution in [0.25, 0.3) is 27.7 Å². The molecule has 2 aromatic carbocycles. The predicted octanol–water partition coefficient (Wildman–Crippen LogP) is 3.92. The number of nitrogens with one attached hydrogen (secondary N) is 1. The van der Waals surface area contributed by atoms with Gasteiger partial charge in [0.15, 0.2) is 0 Å². The average Bonchev–Trinajstić information content (AvgIpc) is 2.92. The first-order valence-electron chi connectivity index (χ1n) is 7.77. The molecule has 0 unspecified atom stereocenters. The Kier molecular flexibility index (Phi) is 3.58. The molecule has 3 N–H and O–H groups in total. The lowest BCUT2D eigenvalue weighted by atomic mass is 10.0. The fraction of sp³-hybridized carbons (Fsp3) is 0.0526. The number of aromatic nitrogens is 3. The van der Waals surface area contributed by atoms with Crippen molar-refractivity contribution in [3.05, 3.63) is 75.8 Å². The van der Waals surface area contributed by atoms with Crippen molar-refractivity contribution >= 4 is 28.2 Å². The first kappa shape index (κ1) is 15.5. The van der Waals surface area contributed by atoms with Gasteiger partial charge in [-0.15, -0.1) is 0 Å². The number of aromatic amines is 1. The molecule has 0 saturated carbocycles. The molecule has 0 amide bonds. The molecule has 2 heterocycles. The van der Waals surface area contributed by atoms with E-state index in [1.54, 1.807) is 30.5 Å². The first-order valence-corrected chi connectivity index (χ1v) is 8.14. The fourth-order valence-electron chi connectivity index (χ4n) is 2.99. The van der Waals surface area contributed by atoms with Crippen LogP contribution in [0.15, 0.2) is 59.5 Å². The highest BCUT2D eigenvalue weighted by molar-refractivity contribution is 6.30. The molecular formula is C19H15ClN4O. The van der Waals surface area contributed by atoms with Crippen molar-refractivity contribution < 1.29 is 0 Å². The lowest BCUT2D eigenvalue weighted by Crippen LogP contribution is -2.14. The SMILES string of the molecule is Cc1ncc2c(=O)n(-c3ccc(Cl)cc3)[nH]c2c1-c1cccc(N)c1. The number of benzene rings is 2. The molecule has 0 aliphatic heterocycles. The van der Waals surface area contributed by atoms with E-state index in [1.807, 2.05) is 31.2 Å². The molecule has 0 aliphatic carbocycles. The summed E-state index contributed by atoms with van der Waals surface area (Å²) in [6, 6.07) is 14.6. The number of halogens is 1. The molecule has 4 aromatic rings. The number of fused-ring (bicyclic) bond motifs is 1. The summed E-state index contributed by atoms with van der Waals surface area (Å²) in [7, 11) is 0. The predicted molar refractivity (Wildman–Crippen MR) is 101 cm³/mol. The standard InChI is InChI=1S/C19H15ClN4O/c1-11-17(12-3-2-4-14(21)9-12)18-16(10-22-11)19(25)24(23-18)15-7-5-13(20)6-8-15/h2-10,23H,21H2,1H3. The van der Waals surface area contributed by atoms with Gasteiger partial charge in [-0.25, -0.2) is 4.68 Å². The van der Waals surface area contributed by atoms with Crippen LogP contribution in [-0.4, -0.2) is 14.8 Å². The highest BCUT2D eigenvalue weighted by Crippen LogP contribution is 2.29. The minimum atomic E-state index is -0.157. The van der Waals surface area contributed by atoms with E-state index in [4.69, 9.17) is 17.3 Å². The molecule has 124 valence electrons. The second kappa shape index (κ2) is 5.79. The number of pyridine rings is 1. The Labute approximate surface area is 148 Å². The minimum absolute atomic E-state index is 0.157. The maximum absolute atomic E-state index is 12.8. The Hall–Kier alpha value is -3.05. The third-order valence-corrected chi connectivity index (χ3v) is 4.44. The molecular weight excluding hydrogens is 336 g/mol. The normalized spacial score (nSPS) is 11.1. The Morgan fingerprint density at radius 3 is 2.64 bits per heavy atom. The van der Waals surface area contributed by atoms with Crippen molar-refractivity contribution in [3.8, 4) is 16.8 Å². The molecule has 0 bridgehead atoms. The quantitative estimate of drug-likeness (QED) is 0.538. The summed E-state index contributed by atoms with van der Waals surface area (Å²) in [5, 5.41) is 4.35. The zero-order valence-corrected chi connectivity index (χ0v) is 14.2. The number of nitrogens with zero attached hydrogens (tertiary/aromatic N) is 2. The van der Waals surface area contributed by atoms with Crippen LogP contribution in [0.2, 0.25) is 5.02 Å². The van der Waals surface area contributed by atoms with Gasteiger partial charge in [-0.05, 0) is 48.9 Å². The number of anilines is 1. The van der Waals surface area contributed by atoms with E-state index in [-0.39, 0.29) is 5.56 Å². The lowest BCUT2D eigenvalue weighted by Gasteiger charge is -2.07. The second-order valence-electron chi connectivity index (χ2n) is 5.86. The second-order valence-corrected chi connectivity index (χ2v) is 6.30. The van der Waals surface area contributed by atoms with Crippen molar-refractivity contribution in [2.24, 2.45) is 0 Å². The molecule has 0 spiro atoms. The third-order valence-electron chi connectivity index (χ3n) is 4.19. The highest BCUT2D eigenvalue weighted by Gasteiger charge is 2.16. The van der Waals surface area contributed by atoms with Gasteiger partial charge in [0.1, 0.15) is 0 Å². The molecule has 25 heavy (non-hydrogen) atoms. The van der Waals surface area contributed by atoms with Gasteiger partial charge in [0, 0.05) is 28.2 Å². The Morgan fingerprint density at radius 2 is 1.92 bits per heavy atom. The average molecular weight is 351 g/mol. The maximum Gasteiger partial charge on any atom is 0.280 e. The molecule has 5 nitrogen and oxygen atoms in total. The van der Waals surface area contributed by atoms with Crippen LogP contribution in [0.5, 0.6) is 0 Å². The van der Waals surface area contributed by atoms with E-state index in [0.717, 1.165) is 22.3 Å². The van der Waals surface area contributed by atoms with Crippen molar-refractivity contribution in [2.45, 2.75) is 6.92 Å². The molecule has 2 aromatic heterocycles. The topological polar surface area (TPSA) is 76.7 Å². The van der Waals surface area contributed by atoms with Crippen molar-refractivity contribution in [3.63, 3.8) is 0 Å². The number of aryl methyl sites for hydroxylation is 1. The van der Waals surface area contributed by atoms with Gasteiger partial charge in [-0.2, -0.15) is 0 Å². The van der Waals surface area contributed by atoms with Gasteiger partial charge in [0.25, 0.3) is 5.56 Å². The van der Waals surface area contributed by atoms with Gasteiger partial charge in [-0.1, -0.05) is 23.7 Å². The van der Waals surface area contributed by atoms with Crippen molar-refractivity contribution in [2.75, 3.05) is 5.73 Å².